The third kappa shape index (κ3) is 2.00. The Balaban J connectivity index is 1.91. The van der Waals surface area contributed by atoms with Gasteiger partial charge in [0.2, 0.25) is 5.91 Å². The Hall–Kier alpha value is -1.49. The van der Waals surface area contributed by atoms with Gasteiger partial charge in [0.05, 0.1) is 10.8 Å². The molecule has 2 aliphatic rings. The highest BCUT2D eigenvalue weighted by Crippen LogP contribution is 2.51. The van der Waals surface area contributed by atoms with Gasteiger partial charge in [0.25, 0.3) is 0 Å². The molecular formula is C15H17NO3S. The summed E-state index contributed by atoms with van der Waals surface area (Å²) in [4.78, 5) is 25.8. The number of carbonyl (C=O) groups is 2. The SMILES string of the molecule is CC1SCC(C(=O)O)N1C(=O)C1(c2ccccc2)CC1. The van der Waals surface area contributed by atoms with Crippen LogP contribution in [0.15, 0.2) is 30.3 Å². The van der Waals surface area contributed by atoms with Gasteiger partial charge < -0.3 is 10.0 Å². The van der Waals surface area contributed by atoms with Crippen LogP contribution in [0.4, 0.5) is 0 Å². The Kier molecular flexibility index (Phi) is 3.24. The maximum atomic E-state index is 12.9. The molecule has 4 nitrogen and oxygen atoms in total. The van der Waals surface area contributed by atoms with Crippen molar-refractivity contribution in [2.75, 3.05) is 5.75 Å². The average molecular weight is 291 g/mol. The molecule has 1 aliphatic carbocycles. The number of hydrogen-bond acceptors (Lipinski definition) is 3. The number of carboxylic acid groups (broad SMARTS) is 1. The van der Waals surface area contributed by atoms with Crippen LogP contribution < -0.4 is 0 Å². The second-order valence-electron chi connectivity index (χ2n) is 5.45. The smallest absolute Gasteiger partial charge is 0.327 e. The van der Waals surface area contributed by atoms with Crippen molar-refractivity contribution in [3.05, 3.63) is 35.9 Å². The molecule has 2 unspecified atom stereocenters. The minimum atomic E-state index is -0.904. The molecule has 1 aromatic carbocycles. The molecule has 5 heteroatoms. The topological polar surface area (TPSA) is 57.6 Å². The molecule has 1 saturated carbocycles. The molecule has 0 spiro atoms. The van der Waals surface area contributed by atoms with Crippen LogP contribution in [0, 0.1) is 0 Å². The van der Waals surface area contributed by atoms with E-state index >= 15 is 0 Å². The van der Waals surface area contributed by atoms with Gasteiger partial charge in [-0.1, -0.05) is 30.3 Å². The Bertz CT molecular complexity index is 541. The van der Waals surface area contributed by atoms with Crippen molar-refractivity contribution in [3.8, 4) is 0 Å². The maximum absolute atomic E-state index is 12.9. The van der Waals surface area contributed by atoms with Crippen LogP contribution in [0.2, 0.25) is 0 Å². The molecular weight excluding hydrogens is 274 g/mol. The van der Waals surface area contributed by atoms with Crippen molar-refractivity contribution in [2.24, 2.45) is 0 Å². The highest BCUT2D eigenvalue weighted by atomic mass is 32.2. The van der Waals surface area contributed by atoms with E-state index in [-0.39, 0.29) is 11.3 Å². The second-order valence-corrected chi connectivity index (χ2v) is 6.80. The van der Waals surface area contributed by atoms with E-state index in [1.807, 2.05) is 37.3 Å². The lowest BCUT2D eigenvalue weighted by Gasteiger charge is -2.29. The third-order valence-corrected chi connectivity index (χ3v) is 5.45. The number of hydrogen-bond donors (Lipinski definition) is 1. The van der Waals surface area contributed by atoms with Gasteiger partial charge in [0, 0.05) is 5.75 Å². The van der Waals surface area contributed by atoms with Crippen LogP contribution >= 0.6 is 11.8 Å². The molecule has 2 fully saturated rings. The first-order valence-corrected chi connectivity index (χ1v) is 7.84. The number of carboxylic acids is 1. The summed E-state index contributed by atoms with van der Waals surface area (Å²) in [5.41, 5.74) is 0.534. The lowest BCUT2D eigenvalue weighted by atomic mass is 9.94. The van der Waals surface area contributed by atoms with Crippen LogP contribution in [0.3, 0.4) is 0 Å². The second kappa shape index (κ2) is 4.81. The van der Waals surface area contributed by atoms with E-state index in [4.69, 9.17) is 0 Å². The molecule has 1 saturated heterocycles. The molecule has 2 atom stereocenters. The summed E-state index contributed by atoms with van der Waals surface area (Å²) in [6.07, 6.45) is 1.63. The molecule has 1 amide bonds. The molecule has 1 aliphatic heterocycles. The fraction of sp³-hybridized carbons (Fsp3) is 0.467. The number of aliphatic carboxylic acids is 1. The maximum Gasteiger partial charge on any atom is 0.327 e. The van der Waals surface area contributed by atoms with Gasteiger partial charge in [-0.2, -0.15) is 0 Å². The number of carbonyl (C=O) groups excluding carboxylic acids is 1. The first-order valence-electron chi connectivity index (χ1n) is 6.79. The minimum absolute atomic E-state index is 0.0198. The molecule has 1 N–H and O–H groups in total. The Morgan fingerprint density at radius 1 is 1.30 bits per heavy atom. The van der Waals surface area contributed by atoms with Gasteiger partial charge in [-0.3, -0.25) is 4.79 Å². The normalized spacial score (nSPS) is 27.4. The fourth-order valence-electron chi connectivity index (χ4n) is 2.90. The van der Waals surface area contributed by atoms with E-state index in [1.165, 1.54) is 11.8 Å². The quantitative estimate of drug-likeness (QED) is 0.926. The summed E-state index contributed by atoms with van der Waals surface area (Å²) >= 11 is 1.53. The largest absolute Gasteiger partial charge is 0.480 e. The van der Waals surface area contributed by atoms with Crippen molar-refractivity contribution < 1.29 is 14.7 Å². The standard InChI is InChI=1S/C15H17NO3S/c1-10-16(12(9-20-10)13(17)18)14(19)15(7-8-15)11-5-3-2-4-6-11/h2-6,10,12H,7-9H2,1H3,(H,17,18). The number of rotatable bonds is 3. The van der Waals surface area contributed by atoms with Crippen molar-refractivity contribution in [2.45, 2.75) is 36.6 Å². The van der Waals surface area contributed by atoms with Gasteiger partial charge in [-0.05, 0) is 25.3 Å². The molecule has 0 radical (unpaired) electrons. The molecule has 3 rings (SSSR count). The zero-order valence-corrected chi connectivity index (χ0v) is 12.1. The average Bonchev–Trinajstić information content (AvgIpc) is 3.17. The molecule has 1 heterocycles. The number of nitrogens with zero attached hydrogens (tertiary/aromatic N) is 1. The van der Waals surface area contributed by atoms with Gasteiger partial charge in [0.15, 0.2) is 0 Å². The summed E-state index contributed by atoms with van der Waals surface area (Å²) < 4.78 is 0. The fourth-order valence-corrected chi connectivity index (χ4v) is 4.06. The highest BCUT2D eigenvalue weighted by molar-refractivity contribution is 8.00. The Morgan fingerprint density at radius 2 is 1.95 bits per heavy atom. The van der Waals surface area contributed by atoms with Crippen LogP contribution in [-0.2, 0) is 15.0 Å². The van der Waals surface area contributed by atoms with Gasteiger partial charge in [-0.15, -0.1) is 11.8 Å². The van der Waals surface area contributed by atoms with Crippen LogP contribution in [0.5, 0.6) is 0 Å². The van der Waals surface area contributed by atoms with Crippen molar-refractivity contribution in [1.29, 1.82) is 0 Å². The Labute approximate surface area is 122 Å². The lowest BCUT2D eigenvalue weighted by molar-refractivity contribution is -0.150. The van der Waals surface area contributed by atoms with E-state index in [1.54, 1.807) is 4.90 Å². The van der Waals surface area contributed by atoms with E-state index < -0.39 is 17.4 Å². The predicted molar refractivity (Wildman–Crippen MR) is 77.5 cm³/mol. The molecule has 1 aromatic rings. The van der Waals surface area contributed by atoms with Gasteiger partial charge in [0.1, 0.15) is 6.04 Å². The highest BCUT2D eigenvalue weighted by Gasteiger charge is 2.56. The van der Waals surface area contributed by atoms with Gasteiger partial charge >= 0.3 is 5.97 Å². The van der Waals surface area contributed by atoms with E-state index in [9.17, 15) is 14.7 Å². The lowest BCUT2D eigenvalue weighted by Crippen LogP contribution is -2.49. The number of benzene rings is 1. The van der Waals surface area contributed by atoms with Crippen LogP contribution in [-0.4, -0.2) is 39.1 Å². The van der Waals surface area contributed by atoms with Crippen LogP contribution in [0.25, 0.3) is 0 Å². The zero-order chi connectivity index (χ0) is 14.3. The predicted octanol–water partition coefficient (Wildman–Crippen LogP) is 2.09. The first-order chi connectivity index (χ1) is 9.56. The summed E-state index contributed by atoms with van der Waals surface area (Å²) in [7, 11) is 0. The van der Waals surface area contributed by atoms with Crippen molar-refractivity contribution in [1.82, 2.24) is 4.90 Å². The molecule has 106 valence electrons. The zero-order valence-electron chi connectivity index (χ0n) is 11.3. The van der Waals surface area contributed by atoms with Crippen molar-refractivity contribution >= 4 is 23.6 Å². The minimum Gasteiger partial charge on any atom is -0.480 e. The third-order valence-electron chi connectivity index (χ3n) is 4.23. The number of amides is 1. The van der Waals surface area contributed by atoms with E-state index in [0.29, 0.717) is 5.75 Å². The summed E-state index contributed by atoms with van der Waals surface area (Å²) in [6.45, 7) is 1.91. The van der Waals surface area contributed by atoms with Gasteiger partial charge in [-0.25, -0.2) is 4.79 Å². The molecule has 0 aromatic heterocycles. The first kappa shape index (κ1) is 13.5. The molecule has 0 bridgehead atoms. The summed E-state index contributed by atoms with van der Waals surface area (Å²) in [5, 5.41) is 9.23. The monoisotopic (exact) mass is 291 g/mol. The van der Waals surface area contributed by atoms with Crippen molar-refractivity contribution in [3.63, 3.8) is 0 Å². The van der Waals surface area contributed by atoms with E-state index in [2.05, 4.69) is 0 Å². The van der Waals surface area contributed by atoms with Crippen LogP contribution in [0.1, 0.15) is 25.3 Å². The Morgan fingerprint density at radius 3 is 2.50 bits per heavy atom. The summed E-state index contributed by atoms with van der Waals surface area (Å²) in [5.74, 6) is -0.444. The van der Waals surface area contributed by atoms with E-state index in [0.717, 1.165) is 18.4 Å². The molecule has 20 heavy (non-hydrogen) atoms. The number of thioether (sulfide) groups is 1. The summed E-state index contributed by atoms with van der Waals surface area (Å²) in [6, 6.07) is 9.03.